The van der Waals surface area contributed by atoms with Crippen LogP contribution in [-0.2, 0) is 0 Å². The van der Waals surface area contributed by atoms with Crippen LogP contribution in [0.4, 0.5) is 17.1 Å². The van der Waals surface area contributed by atoms with Crippen molar-refractivity contribution < 1.29 is 10.0 Å². The Labute approximate surface area is 174 Å². The van der Waals surface area contributed by atoms with Crippen molar-refractivity contribution in [2.75, 3.05) is 0 Å². The molecule has 0 radical (unpaired) electrons. The van der Waals surface area contributed by atoms with Gasteiger partial charge in [-0.05, 0) is 38.3 Å². The molecule has 1 aromatic carbocycles. The first-order valence-electron chi connectivity index (χ1n) is 9.81. The zero-order chi connectivity index (χ0) is 22.4. The summed E-state index contributed by atoms with van der Waals surface area (Å²) in [5.74, 6) is -0.391. The highest BCUT2D eigenvalue weighted by molar-refractivity contribution is 5.61. The lowest BCUT2D eigenvalue weighted by molar-refractivity contribution is -0.384. The lowest BCUT2D eigenvalue weighted by atomic mass is 10.0. The molecule has 0 saturated carbocycles. The number of hydrogen-bond acceptors (Lipinski definition) is 7. The maximum atomic E-state index is 12.8. The number of azo groups is 1. The molecule has 1 unspecified atom stereocenters. The van der Waals surface area contributed by atoms with Gasteiger partial charge in [-0.15, -0.1) is 10.2 Å². The fourth-order valence-electron chi connectivity index (χ4n) is 3.29. The number of pyridine rings is 1. The molecule has 0 spiro atoms. The van der Waals surface area contributed by atoms with Gasteiger partial charge >= 0.3 is 0 Å². The van der Waals surface area contributed by atoms with Crippen molar-refractivity contribution in [1.82, 2.24) is 4.57 Å². The van der Waals surface area contributed by atoms with Crippen LogP contribution in [-0.4, -0.2) is 14.6 Å². The Kier molecular flexibility index (Phi) is 7.42. The number of nitro groups is 1. The third-order valence-electron chi connectivity index (χ3n) is 5.03. The fourth-order valence-corrected chi connectivity index (χ4v) is 3.29. The summed E-state index contributed by atoms with van der Waals surface area (Å²) >= 11 is 0. The molecule has 0 aliphatic heterocycles. The highest BCUT2D eigenvalue weighted by Gasteiger charge is 2.24. The fraction of sp³-hybridized carbons (Fsp3) is 0.429. The van der Waals surface area contributed by atoms with Gasteiger partial charge in [0.05, 0.1) is 4.92 Å². The van der Waals surface area contributed by atoms with Crippen molar-refractivity contribution in [2.24, 2.45) is 10.2 Å². The quantitative estimate of drug-likeness (QED) is 0.347. The van der Waals surface area contributed by atoms with Gasteiger partial charge in [0.1, 0.15) is 11.6 Å². The smallest absolute Gasteiger partial charge is 0.296 e. The Bertz CT molecular complexity index is 1080. The number of rotatable bonds is 8. The molecule has 0 aliphatic rings. The van der Waals surface area contributed by atoms with E-state index in [4.69, 9.17) is 0 Å². The number of hydrogen-bond donors (Lipinski definition) is 1. The molecular formula is C21H25N5O4. The highest BCUT2D eigenvalue weighted by Crippen LogP contribution is 2.37. The Morgan fingerprint density at radius 1 is 1.30 bits per heavy atom. The number of nitro benzene ring substituents is 1. The molecule has 0 aliphatic carbocycles. The second-order valence-electron chi connectivity index (χ2n) is 7.11. The Hall–Kier alpha value is -3.54. The third kappa shape index (κ3) is 4.54. The first-order chi connectivity index (χ1) is 14.3. The van der Waals surface area contributed by atoms with E-state index >= 15 is 0 Å². The van der Waals surface area contributed by atoms with E-state index in [0.717, 1.165) is 12.8 Å². The minimum atomic E-state index is -0.573. The van der Waals surface area contributed by atoms with Gasteiger partial charge < -0.3 is 5.11 Å². The first kappa shape index (κ1) is 22.7. The molecule has 1 N–H and O–H groups in total. The summed E-state index contributed by atoms with van der Waals surface area (Å²) in [6.07, 6.45) is 3.02. The molecule has 2 aromatic rings. The van der Waals surface area contributed by atoms with Crippen LogP contribution in [0.3, 0.4) is 0 Å². The van der Waals surface area contributed by atoms with E-state index in [9.17, 15) is 25.3 Å². The van der Waals surface area contributed by atoms with Crippen LogP contribution in [0, 0.1) is 35.3 Å². The standard InChI is InChI=1S/C21H25N5O4/c1-5-7-8-15(6-2)25-20(27)16(12-22)14(4)19(21(25)28)24-23-17-10-9-13(3)11-18(17)26(29)30/h9-11,15,28H,5-8H2,1-4H3/b24-23+. The van der Waals surface area contributed by atoms with E-state index in [2.05, 4.69) is 10.2 Å². The topological polar surface area (TPSA) is 134 Å². The Morgan fingerprint density at radius 2 is 2.00 bits per heavy atom. The molecule has 1 atom stereocenters. The van der Waals surface area contributed by atoms with Crippen molar-refractivity contribution in [3.8, 4) is 11.9 Å². The number of benzene rings is 1. The number of aromatic nitrogens is 1. The number of aryl methyl sites for hydroxylation is 1. The molecule has 30 heavy (non-hydrogen) atoms. The number of nitrogens with zero attached hydrogens (tertiary/aromatic N) is 5. The van der Waals surface area contributed by atoms with Crippen molar-refractivity contribution in [3.05, 3.63) is 55.4 Å². The second kappa shape index (κ2) is 9.78. The average molecular weight is 411 g/mol. The predicted octanol–water partition coefficient (Wildman–Crippen LogP) is 5.51. The lowest BCUT2D eigenvalue weighted by Crippen LogP contribution is -2.27. The molecular weight excluding hydrogens is 386 g/mol. The number of aromatic hydroxyl groups is 1. The largest absolute Gasteiger partial charge is 0.493 e. The first-order valence-corrected chi connectivity index (χ1v) is 9.81. The van der Waals surface area contributed by atoms with Crippen LogP contribution < -0.4 is 5.56 Å². The summed E-state index contributed by atoms with van der Waals surface area (Å²) < 4.78 is 1.19. The van der Waals surface area contributed by atoms with E-state index in [1.807, 2.05) is 19.9 Å². The lowest BCUT2D eigenvalue weighted by Gasteiger charge is -2.21. The second-order valence-corrected chi connectivity index (χ2v) is 7.11. The average Bonchev–Trinajstić information content (AvgIpc) is 2.71. The summed E-state index contributed by atoms with van der Waals surface area (Å²) in [6, 6.07) is 6.08. The van der Waals surface area contributed by atoms with Crippen molar-refractivity contribution in [3.63, 3.8) is 0 Å². The summed E-state index contributed by atoms with van der Waals surface area (Å²) in [6.45, 7) is 7.14. The van der Waals surface area contributed by atoms with E-state index in [1.54, 1.807) is 13.0 Å². The molecule has 1 aromatic heterocycles. The van der Waals surface area contributed by atoms with Gasteiger partial charge in [-0.3, -0.25) is 19.5 Å². The molecule has 0 bridgehead atoms. The van der Waals surface area contributed by atoms with Crippen molar-refractivity contribution in [2.45, 2.75) is 59.4 Å². The third-order valence-corrected chi connectivity index (χ3v) is 5.03. The van der Waals surface area contributed by atoms with Crippen molar-refractivity contribution in [1.29, 1.82) is 5.26 Å². The van der Waals surface area contributed by atoms with Crippen LogP contribution in [0.25, 0.3) is 0 Å². The van der Waals surface area contributed by atoms with Gasteiger partial charge in [-0.1, -0.05) is 32.8 Å². The zero-order valence-electron chi connectivity index (χ0n) is 17.5. The maximum absolute atomic E-state index is 12.8. The van der Waals surface area contributed by atoms with Gasteiger partial charge in [-0.25, -0.2) is 0 Å². The van der Waals surface area contributed by atoms with Gasteiger partial charge in [0.25, 0.3) is 11.2 Å². The molecule has 0 amide bonds. The van der Waals surface area contributed by atoms with Gasteiger partial charge in [0.15, 0.2) is 11.4 Å². The molecule has 1 heterocycles. The molecule has 0 fully saturated rings. The monoisotopic (exact) mass is 411 g/mol. The highest BCUT2D eigenvalue weighted by atomic mass is 16.6. The van der Waals surface area contributed by atoms with Crippen LogP contribution >= 0.6 is 0 Å². The van der Waals surface area contributed by atoms with Gasteiger partial charge in [0.2, 0.25) is 5.88 Å². The predicted molar refractivity (Wildman–Crippen MR) is 113 cm³/mol. The normalized spacial score (nSPS) is 12.1. The Balaban J connectivity index is 2.68. The summed E-state index contributed by atoms with van der Waals surface area (Å²) in [5, 5.41) is 39.6. The minimum Gasteiger partial charge on any atom is -0.493 e. The maximum Gasteiger partial charge on any atom is 0.296 e. The molecule has 9 nitrogen and oxygen atoms in total. The van der Waals surface area contributed by atoms with Crippen LogP contribution in [0.1, 0.15) is 62.3 Å². The molecule has 0 saturated heterocycles. The van der Waals surface area contributed by atoms with Gasteiger partial charge in [0, 0.05) is 17.7 Å². The molecule has 158 valence electrons. The summed E-state index contributed by atoms with van der Waals surface area (Å²) in [4.78, 5) is 23.6. The Morgan fingerprint density at radius 3 is 2.57 bits per heavy atom. The number of nitriles is 1. The molecule has 2 rings (SSSR count). The van der Waals surface area contributed by atoms with Crippen molar-refractivity contribution >= 4 is 17.1 Å². The van der Waals surface area contributed by atoms with Crippen LogP contribution in [0.2, 0.25) is 0 Å². The molecule has 9 heteroatoms. The zero-order valence-corrected chi connectivity index (χ0v) is 17.5. The van der Waals surface area contributed by atoms with E-state index in [0.29, 0.717) is 18.4 Å². The van der Waals surface area contributed by atoms with E-state index in [-0.39, 0.29) is 34.2 Å². The van der Waals surface area contributed by atoms with E-state index in [1.165, 1.54) is 23.6 Å². The van der Waals surface area contributed by atoms with E-state index < -0.39 is 16.4 Å². The minimum absolute atomic E-state index is 0.0127. The van der Waals surface area contributed by atoms with Gasteiger partial charge in [-0.2, -0.15) is 5.26 Å². The van der Waals surface area contributed by atoms with Crippen LogP contribution in [0.5, 0.6) is 5.88 Å². The van der Waals surface area contributed by atoms with Crippen LogP contribution in [0.15, 0.2) is 33.2 Å². The summed E-state index contributed by atoms with van der Waals surface area (Å²) in [7, 11) is 0. The SMILES string of the molecule is CCCCC(CC)n1c(O)c(/N=N/c2ccc(C)cc2[N+](=O)[O-])c(C)c(C#N)c1=O. The number of unbranched alkanes of at least 4 members (excludes halogenated alkanes) is 1. The summed E-state index contributed by atoms with van der Waals surface area (Å²) in [5.41, 5.74) is -0.0820.